The Bertz CT molecular complexity index is 979. The molecule has 0 saturated carbocycles. The van der Waals surface area contributed by atoms with Gasteiger partial charge < -0.3 is 14.4 Å². The monoisotopic (exact) mass is 458 g/mol. The molecule has 0 N–H and O–H groups in total. The second-order valence-electron chi connectivity index (χ2n) is 9.50. The Kier molecular flexibility index (Phi) is 8.62. The number of ether oxygens (including phenoxy) is 2. The number of methoxy groups -OCH3 is 1. The number of hydrogen-bond acceptors (Lipinski definition) is 4. The maximum atomic E-state index is 6.52. The van der Waals surface area contributed by atoms with E-state index >= 15 is 0 Å². The zero-order chi connectivity index (χ0) is 23.8. The molecule has 3 aromatic rings. The molecule has 4 rings (SSSR count). The summed E-state index contributed by atoms with van der Waals surface area (Å²) in [4.78, 5) is 5.13. The highest BCUT2D eigenvalue weighted by Crippen LogP contribution is 2.28. The maximum absolute atomic E-state index is 6.52. The molecule has 34 heavy (non-hydrogen) atoms. The fraction of sp³-hybridized carbons (Fsp3) is 0.400. The second-order valence-corrected chi connectivity index (χ2v) is 9.50. The van der Waals surface area contributed by atoms with Crippen LogP contribution < -0.4 is 9.47 Å². The summed E-state index contributed by atoms with van der Waals surface area (Å²) in [6.45, 7) is 10.9. The highest BCUT2D eigenvalue weighted by Gasteiger charge is 2.20. The SMILES string of the molecule is COc1ccc(C(CCN2CCN(Cc3ccccc3)CC2)Oc2ccc(C(C)C)cc2)cc1. The fourth-order valence-electron chi connectivity index (χ4n) is 4.52. The molecule has 0 radical (unpaired) electrons. The van der Waals surface area contributed by atoms with Crippen LogP contribution in [0, 0.1) is 0 Å². The van der Waals surface area contributed by atoms with Gasteiger partial charge in [-0.15, -0.1) is 0 Å². The molecule has 3 aromatic carbocycles. The Morgan fingerprint density at radius 3 is 1.91 bits per heavy atom. The standard InChI is InChI=1S/C30H38N2O2/c1-24(2)26-9-15-29(16-10-26)34-30(27-11-13-28(33-3)14-12-27)17-18-31-19-21-32(22-20-31)23-25-7-5-4-6-8-25/h4-16,24,30H,17-23H2,1-3H3. The zero-order valence-electron chi connectivity index (χ0n) is 20.8. The second kappa shape index (κ2) is 12.0. The number of hydrogen-bond donors (Lipinski definition) is 0. The van der Waals surface area contributed by atoms with Gasteiger partial charge in [-0.05, 0) is 46.9 Å². The van der Waals surface area contributed by atoms with Gasteiger partial charge in [0, 0.05) is 45.7 Å². The first kappa shape index (κ1) is 24.3. The van der Waals surface area contributed by atoms with Gasteiger partial charge in [0.1, 0.15) is 17.6 Å². The summed E-state index contributed by atoms with van der Waals surface area (Å²) in [6, 6.07) is 27.6. The number of nitrogens with zero attached hydrogens (tertiary/aromatic N) is 2. The molecule has 0 amide bonds. The van der Waals surface area contributed by atoms with Gasteiger partial charge in [0.2, 0.25) is 0 Å². The number of piperazine rings is 1. The van der Waals surface area contributed by atoms with Crippen molar-refractivity contribution < 1.29 is 9.47 Å². The average Bonchev–Trinajstić information content (AvgIpc) is 2.88. The molecule has 1 fully saturated rings. The number of benzene rings is 3. The molecule has 1 atom stereocenters. The first-order valence-corrected chi connectivity index (χ1v) is 12.5. The lowest BCUT2D eigenvalue weighted by Crippen LogP contribution is -2.46. The van der Waals surface area contributed by atoms with Crippen LogP contribution in [0.25, 0.3) is 0 Å². The third kappa shape index (κ3) is 6.85. The molecule has 1 saturated heterocycles. The van der Waals surface area contributed by atoms with Crippen LogP contribution in [0.4, 0.5) is 0 Å². The molecule has 1 aliphatic heterocycles. The molecule has 1 unspecified atom stereocenters. The largest absolute Gasteiger partial charge is 0.497 e. The van der Waals surface area contributed by atoms with Crippen LogP contribution in [0.2, 0.25) is 0 Å². The van der Waals surface area contributed by atoms with Crippen LogP contribution in [-0.4, -0.2) is 49.6 Å². The van der Waals surface area contributed by atoms with Crippen LogP contribution in [0.15, 0.2) is 78.9 Å². The van der Waals surface area contributed by atoms with E-state index in [1.54, 1.807) is 7.11 Å². The van der Waals surface area contributed by atoms with Gasteiger partial charge in [0.05, 0.1) is 7.11 Å². The van der Waals surface area contributed by atoms with Crippen molar-refractivity contribution in [1.29, 1.82) is 0 Å². The lowest BCUT2D eigenvalue weighted by molar-refractivity contribution is 0.107. The molecule has 1 aliphatic rings. The van der Waals surface area contributed by atoms with E-state index in [0.29, 0.717) is 5.92 Å². The van der Waals surface area contributed by atoms with E-state index in [2.05, 4.69) is 90.4 Å². The molecular formula is C30H38N2O2. The van der Waals surface area contributed by atoms with E-state index < -0.39 is 0 Å². The minimum atomic E-state index is 0.0122. The van der Waals surface area contributed by atoms with Gasteiger partial charge in [-0.3, -0.25) is 4.90 Å². The van der Waals surface area contributed by atoms with Crippen LogP contribution in [0.1, 0.15) is 49.0 Å². The van der Waals surface area contributed by atoms with Crippen molar-refractivity contribution in [3.05, 3.63) is 95.6 Å². The normalized spacial score (nSPS) is 15.9. The van der Waals surface area contributed by atoms with Crippen molar-refractivity contribution >= 4 is 0 Å². The smallest absolute Gasteiger partial charge is 0.125 e. The van der Waals surface area contributed by atoms with Gasteiger partial charge in [-0.2, -0.15) is 0 Å². The summed E-state index contributed by atoms with van der Waals surface area (Å²) in [7, 11) is 1.71. The zero-order valence-corrected chi connectivity index (χ0v) is 20.8. The lowest BCUT2D eigenvalue weighted by atomic mass is 10.0. The van der Waals surface area contributed by atoms with E-state index in [1.807, 2.05) is 12.1 Å². The Hall–Kier alpha value is -2.82. The van der Waals surface area contributed by atoms with Crippen LogP contribution in [-0.2, 0) is 6.54 Å². The predicted molar refractivity (Wildman–Crippen MR) is 140 cm³/mol. The van der Waals surface area contributed by atoms with Crippen molar-refractivity contribution in [2.75, 3.05) is 39.8 Å². The Morgan fingerprint density at radius 2 is 1.29 bits per heavy atom. The molecule has 0 aromatic heterocycles. The van der Waals surface area contributed by atoms with Gasteiger partial charge in [0.15, 0.2) is 0 Å². The summed E-state index contributed by atoms with van der Waals surface area (Å²) in [6.07, 6.45) is 0.967. The molecule has 0 spiro atoms. The summed E-state index contributed by atoms with van der Waals surface area (Å²) < 4.78 is 11.9. The highest BCUT2D eigenvalue weighted by atomic mass is 16.5. The Balaban J connectivity index is 1.35. The molecular weight excluding hydrogens is 420 g/mol. The third-order valence-corrected chi connectivity index (χ3v) is 6.73. The van der Waals surface area contributed by atoms with Crippen LogP contribution in [0.5, 0.6) is 11.5 Å². The quantitative estimate of drug-likeness (QED) is 0.364. The molecule has 0 bridgehead atoms. The van der Waals surface area contributed by atoms with Gasteiger partial charge in [-0.25, -0.2) is 0 Å². The highest BCUT2D eigenvalue weighted by molar-refractivity contribution is 5.32. The predicted octanol–water partition coefficient (Wildman–Crippen LogP) is 6.15. The maximum Gasteiger partial charge on any atom is 0.125 e. The first-order chi connectivity index (χ1) is 16.6. The van der Waals surface area contributed by atoms with E-state index in [9.17, 15) is 0 Å². The first-order valence-electron chi connectivity index (χ1n) is 12.5. The molecule has 0 aliphatic carbocycles. The molecule has 180 valence electrons. The van der Waals surface area contributed by atoms with Crippen molar-refractivity contribution in [2.45, 2.75) is 38.8 Å². The van der Waals surface area contributed by atoms with Crippen LogP contribution >= 0.6 is 0 Å². The Morgan fingerprint density at radius 1 is 0.706 bits per heavy atom. The van der Waals surface area contributed by atoms with Crippen molar-refractivity contribution in [3.8, 4) is 11.5 Å². The lowest BCUT2D eigenvalue weighted by Gasteiger charge is -2.35. The van der Waals surface area contributed by atoms with E-state index in [1.165, 1.54) is 16.7 Å². The van der Waals surface area contributed by atoms with E-state index in [-0.39, 0.29) is 6.10 Å². The molecule has 4 nitrogen and oxygen atoms in total. The van der Waals surface area contributed by atoms with Crippen molar-refractivity contribution in [2.24, 2.45) is 0 Å². The molecule has 4 heteroatoms. The van der Waals surface area contributed by atoms with Gasteiger partial charge in [0.25, 0.3) is 0 Å². The average molecular weight is 459 g/mol. The topological polar surface area (TPSA) is 24.9 Å². The van der Waals surface area contributed by atoms with Gasteiger partial charge >= 0.3 is 0 Å². The number of rotatable bonds is 10. The third-order valence-electron chi connectivity index (χ3n) is 6.73. The minimum absolute atomic E-state index is 0.0122. The molecule has 1 heterocycles. The van der Waals surface area contributed by atoms with Crippen LogP contribution in [0.3, 0.4) is 0 Å². The van der Waals surface area contributed by atoms with Crippen molar-refractivity contribution in [3.63, 3.8) is 0 Å². The van der Waals surface area contributed by atoms with E-state index in [4.69, 9.17) is 9.47 Å². The minimum Gasteiger partial charge on any atom is -0.497 e. The fourth-order valence-corrected chi connectivity index (χ4v) is 4.52. The Labute approximate surface area is 205 Å². The summed E-state index contributed by atoms with van der Waals surface area (Å²) >= 11 is 0. The van der Waals surface area contributed by atoms with Gasteiger partial charge in [-0.1, -0.05) is 68.4 Å². The van der Waals surface area contributed by atoms with Crippen molar-refractivity contribution in [1.82, 2.24) is 9.80 Å². The summed E-state index contributed by atoms with van der Waals surface area (Å²) in [5.41, 5.74) is 3.92. The van der Waals surface area contributed by atoms with E-state index in [0.717, 1.165) is 57.2 Å². The summed E-state index contributed by atoms with van der Waals surface area (Å²) in [5, 5.41) is 0. The summed E-state index contributed by atoms with van der Waals surface area (Å²) in [5.74, 6) is 2.32.